The molecule has 0 radical (unpaired) electrons. The summed E-state index contributed by atoms with van der Waals surface area (Å²) in [5.41, 5.74) is 5.28. The smallest absolute Gasteiger partial charge is 0.154 e. The van der Waals surface area contributed by atoms with E-state index in [1.165, 1.54) is 6.07 Å². The molecule has 4 aromatic heterocycles. The van der Waals surface area contributed by atoms with Gasteiger partial charge in [-0.15, -0.1) is 5.10 Å². The first-order valence-electron chi connectivity index (χ1n) is 14.4. The number of nitrogens with one attached hydrogen (secondary N) is 1. The number of rotatable bonds is 6. The molecule has 0 aliphatic carbocycles. The van der Waals surface area contributed by atoms with Gasteiger partial charge < -0.3 is 15.1 Å². The van der Waals surface area contributed by atoms with Gasteiger partial charge in [0.15, 0.2) is 5.65 Å². The number of piperidine rings is 1. The molecular formula is C32H33FN8. The fraction of sp³-hybridized carbons (Fsp3) is 0.312. The summed E-state index contributed by atoms with van der Waals surface area (Å²) >= 11 is 0. The van der Waals surface area contributed by atoms with Gasteiger partial charge in [0.25, 0.3) is 0 Å². The number of anilines is 2. The SMILES string of the molecule is CNC1CCN(c2cc(-c3cccc(-c4cnc5ccc(N6CCC[C@@H]6c6cccc(F)c6)nn45)n3)ccn2)CC1. The van der Waals surface area contributed by atoms with Crippen molar-refractivity contribution < 1.29 is 4.39 Å². The van der Waals surface area contributed by atoms with Crippen LogP contribution in [-0.4, -0.2) is 57.3 Å². The van der Waals surface area contributed by atoms with Crippen molar-refractivity contribution in [1.82, 2.24) is 29.9 Å². The second kappa shape index (κ2) is 10.9. The lowest BCUT2D eigenvalue weighted by Gasteiger charge is -2.32. The summed E-state index contributed by atoms with van der Waals surface area (Å²) in [6.07, 6.45) is 7.92. The Kier molecular flexibility index (Phi) is 6.80. The van der Waals surface area contributed by atoms with Gasteiger partial charge in [0.1, 0.15) is 23.1 Å². The largest absolute Gasteiger partial charge is 0.356 e. The molecule has 41 heavy (non-hydrogen) atoms. The molecule has 2 fully saturated rings. The molecule has 9 heteroatoms. The van der Waals surface area contributed by atoms with Crippen LogP contribution in [0.1, 0.15) is 37.3 Å². The van der Waals surface area contributed by atoms with Gasteiger partial charge in [-0.25, -0.2) is 23.9 Å². The molecule has 0 bridgehead atoms. The number of hydrogen-bond donors (Lipinski definition) is 1. The standard InChI is InChI=1S/C32H33FN8/c1-34-25-13-17-39(18-14-25)32-20-22(12-15-35-32)26-7-3-8-27(37-26)29-21-36-30-10-11-31(38-41(29)30)40-16-4-9-28(40)23-5-2-6-24(33)19-23/h2-3,5-8,10-12,15,19-21,25,28,34H,4,9,13-14,16-18H2,1H3/t28-/m1/s1. The van der Waals surface area contributed by atoms with Crippen molar-refractivity contribution in [3.63, 3.8) is 0 Å². The monoisotopic (exact) mass is 548 g/mol. The molecule has 0 amide bonds. The highest BCUT2D eigenvalue weighted by Gasteiger charge is 2.28. The van der Waals surface area contributed by atoms with Crippen LogP contribution in [0.4, 0.5) is 16.0 Å². The number of halogens is 1. The Bertz CT molecular complexity index is 1680. The van der Waals surface area contributed by atoms with E-state index in [-0.39, 0.29) is 11.9 Å². The number of benzene rings is 1. The first kappa shape index (κ1) is 25.6. The van der Waals surface area contributed by atoms with Gasteiger partial charge in [0.05, 0.1) is 23.6 Å². The maximum Gasteiger partial charge on any atom is 0.154 e. The summed E-state index contributed by atoms with van der Waals surface area (Å²) in [6, 6.07) is 21.8. The Morgan fingerprint density at radius 3 is 2.56 bits per heavy atom. The molecule has 7 rings (SSSR count). The molecule has 208 valence electrons. The zero-order valence-corrected chi connectivity index (χ0v) is 23.1. The van der Waals surface area contributed by atoms with Crippen LogP contribution in [-0.2, 0) is 0 Å². The van der Waals surface area contributed by atoms with Gasteiger partial charge >= 0.3 is 0 Å². The van der Waals surface area contributed by atoms with Gasteiger partial charge in [0.2, 0.25) is 0 Å². The van der Waals surface area contributed by atoms with E-state index in [0.717, 1.165) is 90.8 Å². The maximum atomic E-state index is 14.0. The van der Waals surface area contributed by atoms with E-state index in [2.05, 4.69) is 31.2 Å². The molecule has 0 saturated carbocycles. The molecule has 5 aromatic rings. The van der Waals surface area contributed by atoms with Crippen molar-refractivity contribution in [2.24, 2.45) is 0 Å². The van der Waals surface area contributed by atoms with Crippen molar-refractivity contribution in [1.29, 1.82) is 0 Å². The molecule has 1 N–H and O–H groups in total. The summed E-state index contributed by atoms with van der Waals surface area (Å²) in [7, 11) is 2.04. The van der Waals surface area contributed by atoms with Crippen LogP contribution >= 0.6 is 0 Å². The van der Waals surface area contributed by atoms with E-state index in [0.29, 0.717) is 6.04 Å². The minimum atomic E-state index is -0.208. The van der Waals surface area contributed by atoms with Crippen LogP contribution in [0.25, 0.3) is 28.3 Å². The summed E-state index contributed by atoms with van der Waals surface area (Å²) in [6.45, 7) is 2.85. The first-order valence-corrected chi connectivity index (χ1v) is 14.4. The van der Waals surface area contributed by atoms with Crippen LogP contribution in [0.2, 0.25) is 0 Å². The molecule has 0 spiro atoms. The lowest BCUT2D eigenvalue weighted by Crippen LogP contribution is -2.41. The maximum absolute atomic E-state index is 14.0. The van der Waals surface area contributed by atoms with E-state index in [1.807, 2.05) is 66.4 Å². The van der Waals surface area contributed by atoms with Gasteiger partial charge in [-0.3, -0.25) is 0 Å². The van der Waals surface area contributed by atoms with Gasteiger partial charge in [-0.2, -0.15) is 0 Å². The normalized spacial score (nSPS) is 18.0. The molecule has 1 aromatic carbocycles. The third kappa shape index (κ3) is 5.02. The summed E-state index contributed by atoms with van der Waals surface area (Å²) in [5, 5.41) is 8.40. The zero-order chi connectivity index (χ0) is 27.8. The van der Waals surface area contributed by atoms with E-state index in [1.54, 1.807) is 12.1 Å². The summed E-state index contributed by atoms with van der Waals surface area (Å²) in [5.74, 6) is 1.63. The molecular weight excluding hydrogens is 515 g/mol. The molecule has 2 aliphatic rings. The van der Waals surface area contributed by atoms with E-state index >= 15 is 0 Å². The fourth-order valence-electron chi connectivity index (χ4n) is 6.18. The highest BCUT2D eigenvalue weighted by Crippen LogP contribution is 2.36. The number of hydrogen-bond acceptors (Lipinski definition) is 7. The fourth-order valence-corrected chi connectivity index (χ4v) is 6.18. The van der Waals surface area contributed by atoms with Crippen LogP contribution in [0.5, 0.6) is 0 Å². The number of pyridine rings is 2. The van der Waals surface area contributed by atoms with Gasteiger partial charge in [-0.05, 0) is 86.8 Å². The van der Waals surface area contributed by atoms with E-state index in [9.17, 15) is 4.39 Å². The lowest BCUT2D eigenvalue weighted by molar-refractivity contribution is 0.441. The molecule has 1 atom stereocenters. The van der Waals surface area contributed by atoms with Gasteiger partial charge in [0, 0.05) is 37.4 Å². The third-order valence-electron chi connectivity index (χ3n) is 8.41. The Hall–Kier alpha value is -4.37. The Morgan fingerprint density at radius 1 is 0.854 bits per heavy atom. The first-order chi connectivity index (χ1) is 20.2. The van der Waals surface area contributed by atoms with Crippen LogP contribution in [0.15, 0.2) is 79.1 Å². The molecule has 6 heterocycles. The van der Waals surface area contributed by atoms with Crippen LogP contribution in [0, 0.1) is 5.82 Å². The average Bonchev–Trinajstić information content (AvgIpc) is 3.69. The van der Waals surface area contributed by atoms with Gasteiger partial charge in [-0.1, -0.05) is 18.2 Å². The second-order valence-electron chi connectivity index (χ2n) is 10.9. The van der Waals surface area contributed by atoms with Crippen molar-refractivity contribution in [2.75, 3.05) is 36.5 Å². The molecule has 2 saturated heterocycles. The number of nitrogens with zero attached hydrogens (tertiary/aromatic N) is 7. The van der Waals surface area contributed by atoms with Crippen molar-refractivity contribution in [3.05, 3.63) is 90.5 Å². The predicted octanol–water partition coefficient (Wildman–Crippen LogP) is 5.52. The topological polar surface area (TPSA) is 74.5 Å². The Balaban J connectivity index is 1.19. The summed E-state index contributed by atoms with van der Waals surface area (Å²) < 4.78 is 15.9. The minimum Gasteiger partial charge on any atom is -0.356 e. The number of fused-ring (bicyclic) bond motifs is 1. The third-order valence-corrected chi connectivity index (χ3v) is 8.41. The molecule has 2 aliphatic heterocycles. The molecule has 8 nitrogen and oxygen atoms in total. The predicted molar refractivity (Wildman–Crippen MR) is 159 cm³/mol. The zero-order valence-electron chi connectivity index (χ0n) is 23.1. The van der Waals surface area contributed by atoms with Crippen LogP contribution in [0.3, 0.4) is 0 Å². The van der Waals surface area contributed by atoms with E-state index < -0.39 is 0 Å². The average molecular weight is 549 g/mol. The minimum absolute atomic E-state index is 0.0917. The Labute approximate surface area is 238 Å². The van der Waals surface area contributed by atoms with Crippen molar-refractivity contribution in [3.8, 4) is 22.6 Å². The lowest BCUT2D eigenvalue weighted by atomic mass is 10.0. The van der Waals surface area contributed by atoms with Crippen LogP contribution < -0.4 is 15.1 Å². The van der Waals surface area contributed by atoms with Crippen molar-refractivity contribution >= 4 is 17.3 Å². The Morgan fingerprint density at radius 2 is 1.71 bits per heavy atom. The van der Waals surface area contributed by atoms with E-state index in [4.69, 9.17) is 10.1 Å². The van der Waals surface area contributed by atoms with Crippen molar-refractivity contribution in [2.45, 2.75) is 37.8 Å². The number of aromatic nitrogens is 5. The highest BCUT2D eigenvalue weighted by atomic mass is 19.1. The highest BCUT2D eigenvalue weighted by molar-refractivity contribution is 5.68. The second-order valence-corrected chi connectivity index (χ2v) is 10.9. The molecule has 0 unspecified atom stereocenters. The quantitative estimate of drug-likeness (QED) is 0.299. The number of imidazole rings is 1. The summed E-state index contributed by atoms with van der Waals surface area (Å²) in [4.78, 5) is 18.9.